The van der Waals surface area contributed by atoms with Crippen LogP contribution in [0.1, 0.15) is 36.4 Å². The topological polar surface area (TPSA) is 97.2 Å². The number of nitrogen functional groups attached to an aromatic ring is 1. The fourth-order valence-electron chi connectivity index (χ4n) is 3.95. The molecule has 0 aromatic carbocycles. The van der Waals surface area contributed by atoms with Gasteiger partial charge in [-0.3, -0.25) is 4.98 Å². The highest BCUT2D eigenvalue weighted by molar-refractivity contribution is 5.53. The van der Waals surface area contributed by atoms with Gasteiger partial charge in [0, 0.05) is 62.3 Å². The smallest absolute Gasteiger partial charge is 0.222 e. The molecular weight excluding hydrogens is 326 g/mol. The van der Waals surface area contributed by atoms with Gasteiger partial charge >= 0.3 is 0 Å². The summed E-state index contributed by atoms with van der Waals surface area (Å²) in [5, 5.41) is 0. The van der Waals surface area contributed by atoms with Gasteiger partial charge in [0.25, 0.3) is 0 Å². The van der Waals surface area contributed by atoms with Gasteiger partial charge in [0.2, 0.25) is 5.95 Å². The molecule has 0 unspecified atom stereocenters. The summed E-state index contributed by atoms with van der Waals surface area (Å²) in [4.78, 5) is 17.9. The first kappa shape index (κ1) is 17.0. The van der Waals surface area contributed by atoms with Crippen molar-refractivity contribution in [3.8, 4) is 0 Å². The zero-order valence-electron chi connectivity index (χ0n) is 15.3. The Balaban J connectivity index is 1.50. The Bertz CT molecular complexity index is 772. The number of aryl methyl sites for hydroxylation is 1. The Kier molecular flexibility index (Phi) is 4.63. The van der Waals surface area contributed by atoms with E-state index in [9.17, 15) is 0 Å². The van der Waals surface area contributed by atoms with Crippen LogP contribution in [0.15, 0.2) is 24.5 Å². The fraction of sp³-hybridized carbons (Fsp3) is 0.526. The van der Waals surface area contributed by atoms with Crippen molar-refractivity contribution in [3.05, 3.63) is 35.8 Å². The first-order valence-electron chi connectivity index (χ1n) is 9.40. The quantitative estimate of drug-likeness (QED) is 0.866. The van der Waals surface area contributed by atoms with E-state index >= 15 is 0 Å². The Labute approximate surface area is 154 Å². The van der Waals surface area contributed by atoms with Crippen molar-refractivity contribution in [1.82, 2.24) is 15.0 Å². The monoisotopic (exact) mass is 353 g/mol. The average molecular weight is 353 g/mol. The molecule has 1 aliphatic carbocycles. The zero-order valence-corrected chi connectivity index (χ0v) is 15.3. The maximum Gasteiger partial charge on any atom is 0.222 e. The summed E-state index contributed by atoms with van der Waals surface area (Å²) in [7, 11) is 0. The Morgan fingerprint density at radius 1 is 1.08 bits per heavy atom. The first-order valence-corrected chi connectivity index (χ1v) is 9.40. The van der Waals surface area contributed by atoms with Gasteiger partial charge in [0.15, 0.2) is 0 Å². The van der Waals surface area contributed by atoms with Gasteiger partial charge in [-0.15, -0.1) is 0 Å². The highest BCUT2D eigenvalue weighted by atomic mass is 15.3. The van der Waals surface area contributed by atoms with E-state index in [0.717, 1.165) is 57.0 Å². The molecule has 0 atom stereocenters. The molecule has 1 saturated carbocycles. The number of aromatic nitrogens is 3. The van der Waals surface area contributed by atoms with Gasteiger partial charge in [-0.05, 0) is 37.8 Å². The third kappa shape index (κ3) is 3.44. The molecular formula is C19H27N7. The molecule has 4 N–H and O–H groups in total. The van der Waals surface area contributed by atoms with Crippen LogP contribution in [0.5, 0.6) is 0 Å². The van der Waals surface area contributed by atoms with E-state index < -0.39 is 0 Å². The van der Waals surface area contributed by atoms with Gasteiger partial charge in [-0.1, -0.05) is 0 Å². The highest BCUT2D eigenvalue weighted by Crippen LogP contribution is 2.36. The minimum Gasteiger partial charge on any atom is -0.369 e. The Morgan fingerprint density at radius 3 is 2.62 bits per heavy atom. The van der Waals surface area contributed by atoms with Crippen LogP contribution < -0.4 is 21.3 Å². The molecule has 2 aromatic heterocycles. The van der Waals surface area contributed by atoms with Gasteiger partial charge in [-0.2, -0.15) is 4.98 Å². The molecule has 26 heavy (non-hydrogen) atoms. The number of hydrogen-bond acceptors (Lipinski definition) is 7. The van der Waals surface area contributed by atoms with Crippen LogP contribution in [-0.4, -0.2) is 47.2 Å². The summed E-state index contributed by atoms with van der Waals surface area (Å²) in [6.45, 7) is 6.00. The van der Waals surface area contributed by atoms with E-state index in [4.69, 9.17) is 11.5 Å². The lowest BCUT2D eigenvalue weighted by Gasteiger charge is -2.32. The SMILES string of the molecule is Cc1cnccc1N1CCCN(c2cc(C3CC(N)C3)nc(N)n2)CC1. The van der Waals surface area contributed by atoms with Crippen molar-refractivity contribution in [2.45, 2.75) is 38.1 Å². The van der Waals surface area contributed by atoms with Crippen LogP contribution in [0.4, 0.5) is 17.5 Å². The second-order valence-corrected chi connectivity index (χ2v) is 7.43. The molecule has 0 amide bonds. The van der Waals surface area contributed by atoms with E-state index in [2.05, 4.69) is 43.8 Å². The van der Waals surface area contributed by atoms with E-state index in [1.165, 1.54) is 11.3 Å². The third-order valence-electron chi connectivity index (χ3n) is 5.49. The van der Waals surface area contributed by atoms with Crippen molar-refractivity contribution in [2.75, 3.05) is 41.7 Å². The van der Waals surface area contributed by atoms with Crippen LogP contribution in [-0.2, 0) is 0 Å². The van der Waals surface area contributed by atoms with Crippen LogP contribution in [0.25, 0.3) is 0 Å². The molecule has 0 spiro atoms. The van der Waals surface area contributed by atoms with Crippen LogP contribution >= 0.6 is 0 Å². The standard InChI is InChI=1S/C19H27N7/c1-13-12-22-4-3-17(13)25-5-2-6-26(8-7-25)18-11-16(23-19(21)24-18)14-9-15(20)10-14/h3-4,11-12,14-15H,2,5-10,20H2,1H3,(H2,21,23,24). The van der Waals surface area contributed by atoms with Crippen LogP contribution in [0.2, 0.25) is 0 Å². The van der Waals surface area contributed by atoms with Crippen molar-refractivity contribution in [2.24, 2.45) is 5.73 Å². The number of rotatable bonds is 3. The molecule has 0 radical (unpaired) electrons. The number of anilines is 3. The lowest BCUT2D eigenvalue weighted by Crippen LogP contribution is -2.36. The molecule has 1 saturated heterocycles. The summed E-state index contributed by atoms with van der Waals surface area (Å²) in [5.74, 6) is 1.74. The average Bonchev–Trinajstić information content (AvgIpc) is 2.85. The van der Waals surface area contributed by atoms with E-state index in [0.29, 0.717) is 17.9 Å². The zero-order chi connectivity index (χ0) is 18.1. The van der Waals surface area contributed by atoms with Crippen molar-refractivity contribution >= 4 is 17.5 Å². The lowest BCUT2D eigenvalue weighted by molar-refractivity contribution is 0.345. The molecule has 7 heteroatoms. The van der Waals surface area contributed by atoms with E-state index in [1.807, 2.05) is 12.4 Å². The second-order valence-electron chi connectivity index (χ2n) is 7.43. The maximum absolute atomic E-state index is 6.00. The van der Waals surface area contributed by atoms with Gasteiger partial charge in [0.05, 0.1) is 5.69 Å². The minimum absolute atomic E-state index is 0.301. The van der Waals surface area contributed by atoms with E-state index in [-0.39, 0.29) is 0 Å². The molecule has 2 fully saturated rings. The Hall–Kier alpha value is -2.41. The summed E-state index contributed by atoms with van der Waals surface area (Å²) in [5.41, 5.74) is 15.5. The first-order chi connectivity index (χ1) is 12.6. The molecule has 7 nitrogen and oxygen atoms in total. The Morgan fingerprint density at radius 2 is 1.85 bits per heavy atom. The molecule has 0 bridgehead atoms. The van der Waals surface area contributed by atoms with Gasteiger partial charge < -0.3 is 21.3 Å². The summed E-state index contributed by atoms with van der Waals surface area (Å²) in [6, 6.07) is 4.52. The van der Waals surface area contributed by atoms with E-state index in [1.54, 1.807) is 0 Å². The summed E-state index contributed by atoms with van der Waals surface area (Å²) in [6.07, 6.45) is 6.86. The van der Waals surface area contributed by atoms with Crippen LogP contribution in [0.3, 0.4) is 0 Å². The van der Waals surface area contributed by atoms with Crippen molar-refractivity contribution in [3.63, 3.8) is 0 Å². The van der Waals surface area contributed by atoms with Gasteiger partial charge in [0.1, 0.15) is 5.82 Å². The van der Waals surface area contributed by atoms with Crippen molar-refractivity contribution in [1.29, 1.82) is 0 Å². The number of nitrogens with zero attached hydrogens (tertiary/aromatic N) is 5. The summed E-state index contributed by atoms with van der Waals surface area (Å²) >= 11 is 0. The molecule has 2 aromatic rings. The normalized spacial score (nSPS) is 23.5. The summed E-state index contributed by atoms with van der Waals surface area (Å²) < 4.78 is 0. The van der Waals surface area contributed by atoms with Crippen molar-refractivity contribution < 1.29 is 0 Å². The van der Waals surface area contributed by atoms with Gasteiger partial charge in [-0.25, -0.2) is 4.98 Å². The lowest BCUT2D eigenvalue weighted by atomic mass is 9.78. The second kappa shape index (κ2) is 7.07. The fourth-order valence-corrected chi connectivity index (χ4v) is 3.95. The predicted molar refractivity (Wildman–Crippen MR) is 104 cm³/mol. The molecule has 4 rings (SSSR count). The predicted octanol–water partition coefficient (Wildman–Crippen LogP) is 1.68. The molecule has 3 heterocycles. The molecule has 1 aliphatic heterocycles. The highest BCUT2D eigenvalue weighted by Gasteiger charge is 2.29. The molecule has 2 aliphatic rings. The minimum atomic E-state index is 0.301. The number of nitrogens with two attached hydrogens (primary N) is 2. The van der Waals surface area contributed by atoms with Crippen LogP contribution in [0, 0.1) is 6.92 Å². The molecule has 138 valence electrons. The number of hydrogen-bond donors (Lipinski definition) is 2. The maximum atomic E-state index is 6.00. The number of pyridine rings is 1. The third-order valence-corrected chi connectivity index (χ3v) is 5.49. The largest absolute Gasteiger partial charge is 0.369 e.